The van der Waals surface area contributed by atoms with E-state index in [9.17, 15) is 5.26 Å². The van der Waals surface area contributed by atoms with Gasteiger partial charge < -0.3 is 9.88 Å². The van der Waals surface area contributed by atoms with Crippen LogP contribution in [0.3, 0.4) is 0 Å². The van der Waals surface area contributed by atoms with Crippen molar-refractivity contribution in [3.63, 3.8) is 0 Å². The van der Waals surface area contributed by atoms with E-state index < -0.39 is 0 Å². The zero-order valence-corrected chi connectivity index (χ0v) is 14.5. The van der Waals surface area contributed by atoms with Crippen LogP contribution in [0.4, 0.5) is 5.69 Å². The molecule has 4 rings (SSSR count). The first-order valence-corrected chi connectivity index (χ1v) is 8.57. The zero-order chi connectivity index (χ0) is 17.9. The number of nitriles is 1. The average Bonchev–Trinajstić information content (AvgIpc) is 3.08. The molecule has 0 amide bonds. The number of hydrogen-bond donors (Lipinski definition) is 1. The third kappa shape index (κ3) is 2.95. The summed E-state index contributed by atoms with van der Waals surface area (Å²) in [4.78, 5) is 4.41. The molecule has 0 unspecified atom stereocenters. The Hall–Kier alpha value is -3.46. The molecule has 0 saturated carbocycles. The van der Waals surface area contributed by atoms with Gasteiger partial charge in [-0.2, -0.15) is 5.26 Å². The van der Waals surface area contributed by atoms with Crippen LogP contribution in [0.15, 0.2) is 48.8 Å². The summed E-state index contributed by atoms with van der Waals surface area (Å²) in [7, 11) is 0. The van der Waals surface area contributed by atoms with Gasteiger partial charge in [0.15, 0.2) is 5.69 Å². The van der Waals surface area contributed by atoms with Gasteiger partial charge in [0.2, 0.25) is 0 Å². The van der Waals surface area contributed by atoms with Crippen molar-refractivity contribution in [2.75, 3.05) is 11.9 Å². The number of nitrogens with one attached hydrogen (secondary N) is 1. The number of anilines is 1. The normalized spacial score (nSPS) is 10.9. The van der Waals surface area contributed by atoms with Gasteiger partial charge in [0, 0.05) is 18.5 Å². The molecule has 1 N–H and O–H groups in total. The maximum atomic E-state index is 9.37. The highest BCUT2D eigenvalue weighted by Crippen LogP contribution is 2.25. The highest BCUT2D eigenvalue weighted by Gasteiger charge is 2.10. The summed E-state index contributed by atoms with van der Waals surface area (Å²) in [5.74, 6) is 0. The van der Waals surface area contributed by atoms with Crippen molar-refractivity contribution in [2.45, 2.75) is 19.9 Å². The third-order valence-corrected chi connectivity index (χ3v) is 4.43. The van der Waals surface area contributed by atoms with Crippen LogP contribution in [0.5, 0.6) is 0 Å². The fraction of sp³-hybridized carbons (Fsp3) is 0.200. The van der Waals surface area contributed by atoms with Crippen LogP contribution < -0.4 is 5.32 Å². The van der Waals surface area contributed by atoms with Crippen molar-refractivity contribution in [3.05, 3.63) is 60.0 Å². The summed E-state index contributed by atoms with van der Waals surface area (Å²) in [6, 6.07) is 16.2. The van der Waals surface area contributed by atoms with E-state index in [0.717, 1.165) is 52.7 Å². The van der Waals surface area contributed by atoms with E-state index in [1.165, 1.54) is 0 Å². The number of nitrogens with zero attached hydrogens (tertiary/aromatic N) is 5. The van der Waals surface area contributed by atoms with Gasteiger partial charge in [0.05, 0.1) is 28.6 Å². The van der Waals surface area contributed by atoms with Gasteiger partial charge in [0.1, 0.15) is 6.07 Å². The largest absolute Gasteiger partial charge is 0.382 e. The summed E-state index contributed by atoms with van der Waals surface area (Å²) < 4.78 is 2.15. The monoisotopic (exact) mass is 342 g/mol. The van der Waals surface area contributed by atoms with Crippen LogP contribution in [0.1, 0.15) is 17.7 Å². The first-order valence-electron chi connectivity index (χ1n) is 8.57. The van der Waals surface area contributed by atoms with E-state index in [1.54, 1.807) is 0 Å². The summed E-state index contributed by atoms with van der Waals surface area (Å²) in [5, 5.41) is 21.9. The lowest BCUT2D eigenvalue weighted by Gasteiger charge is -2.11. The topological polar surface area (TPSA) is 79.4 Å². The molecule has 4 aromatic rings. The Bertz CT molecular complexity index is 1120. The molecule has 0 aliphatic heterocycles. The van der Waals surface area contributed by atoms with Gasteiger partial charge >= 0.3 is 0 Å². The molecule has 128 valence electrons. The molecule has 0 spiro atoms. The lowest BCUT2D eigenvalue weighted by Crippen LogP contribution is -2.09. The molecule has 26 heavy (non-hydrogen) atoms. The van der Waals surface area contributed by atoms with E-state index >= 15 is 0 Å². The molecule has 2 aromatic heterocycles. The predicted octanol–water partition coefficient (Wildman–Crippen LogP) is 3.66. The van der Waals surface area contributed by atoms with Gasteiger partial charge in [-0.1, -0.05) is 23.8 Å². The molecule has 6 nitrogen and oxygen atoms in total. The Kier molecular flexibility index (Phi) is 4.20. The molecule has 2 aromatic carbocycles. The molecule has 0 bridgehead atoms. The van der Waals surface area contributed by atoms with Crippen molar-refractivity contribution in [2.24, 2.45) is 0 Å². The van der Waals surface area contributed by atoms with E-state index in [4.69, 9.17) is 0 Å². The Morgan fingerprint density at radius 3 is 2.88 bits per heavy atom. The van der Waals surface area contributed by atoms with Crippen LogP contribution in [-0.4, -0.2) is 26.3 Å². The number of imidazole rings is 1. The first-order chi connectivity index (χ1) is 12.8. The Balaban J connectivity index is 1.51. The minimum Gasteiger partial charge on any atom is -0.382 e. The fourth-order valence-corrected chi connectivity index (χ4v) is 3.13. The number of aryl methyl sites for hydroxylation is 2. The Labute approximate surface area is 151 Å². The van der Waals surface area contributed by atoms with Crippen molar-refractivity contribution in [3.8, 4) is 6.07 Å². The van der Waals surface area contributed by atoms with Crippen molar-refractivity contribution < 1.29 is 0 Å². The lowest BCUT2D eigenvalue weighted by molar-refractivity contribution is 0.677. The highest BCUT2D eigenvalue weighted by molar-refractivity contribution is 5.93. The SMILES string of the molecule is Cc1ccc2nnc(C#N)c(NCCCn3cnc4ccccc43)c2c1. The third-order valence-electron chi connectivity index (χ3n) is 4.43. The second kappa shape index (κ2) is 6.81. The molecule has 0 aliphatic rings. The first kappa shape index (κ1) is 16.0. The molecule has 0 aliphatic carbocycles. The molecular weight excluding hydrogens is 324 g/mol. The molecule has 0 fully saturated rings. The van der Waals surface area contributed by atoms with Crippen LogP contribution in [0, 0.1) is 18.3 Å². The minimum atomic E-state index is 0.330. The highest BCUT2D eigenvalue weighted by atomic mass is 15.1. The number of benzene rings is 2. The van der Waals surface area contributed by atoms with Crippen LogP contribution in [-0.2, 0) is 6.54 Å². The number of fused-ring (bicyclic) bond motifs is 2. The van der Waals surface area contributed by atoms with E-state index in [2.05, 4.69) is 37.2 Å². The van der Waals surface area contributed by atoms with Crippen LogP contribution in [0.2, 0.25) is 0 Å². The minimum absolute atomic E-state index is 0.330. The Morgan fingerprint density at radius 1 is 1.12 bits per heavy atom. The van der Waals surface area contributed by atoms with Gasteiger partial charge in [-0.05, 0) is 37.6 Å². The predicted molar refractivity (Wildman–Crippen MR) is 102 cm³/mol. The smallest absolute Gasteiger partial charge is 0.186 e. The number of hydrogen-bond acceptors (Lipinski definition) is 5. The number of rotatable bonds is 5. The van der Waals surface area contributed by atoms with Crippen LogP contribution >= 0.6 is 0 Å². The standard InChI is InChI=1S/C20H18N6/c1-14-7-8-16-15(11-14)20(18(12-21)25-24-16)22-9-4-10-26-13-23-17-5-2-3-6-19(17)26/h2-3,5-8,11,13H,4,9-10H2,1H3,(H,22,24). The maximum Gasteiger partial charge on any atom is 0.186 e. The summed E-state index contributed by atoms with van der Waals surface area (Å²) >= 11 is 0. The van der Waals surface area contributed by atoms with Gasteiger partial charge in [-0.25, -0.2) is 4.98 Å². The fourth-order valence-electron chi connectivity index (χ4n) is 3.13. The van der Waals surface area contributed by atoms with Gasteiger partial charge in [-0.3, -0.25) is 0 Å². The van der Waals surface area contributed by atoms with Crippen molar-refractivity contribution >= 4 is 27.6 Å². The maximum absolute atomic E-state index is 9.37. The second-order valence-corrected chi connectivity index (χ2v) is 6.26. The average molecular weight is 342 g/mol. The summed E-state index contributed by atoms with van der Waals surface area (Å²) in [5.41, 5.74) is 5.15. The molecule has 0 radical (unpaired) electrons. The molecule has 0 saturated heterocycles. The number of para-hydroxylation sites is 2. The molecule has 2 heterocycles. The summed E-state index contributed by atoms with van der Waals surface area (Å²) in [6.45, 7) is 3.61. The Morgan fingerprint density at radius 2 is 2.00 bits per heavy atom. The van der Waals surface area contributed by atoms with Crippen LogP contribution in [0.25, 0.3) is 21.9 Å². The lowest BCUT2D eigenvalue weighted by atomic mass is 10.1. The van der Waals surface area contributed by atoms with E-state index in [-0.39, 0.29) is 0 Å². The quantitative estimate of drug-likeness (QED) is 0.560. The molecular formula is C20H18N6. The van der Waals surface area contributed by atoms with Crippen molar-refractivity contribution in [1.82, 2.24) is 19.7 Å². The second-order valence-electron chi connectivity index (χ2n) is 6.26. The van der Waals surface area contributed by atoms with Gasteiger partial charge in [0.25, 0.3) is 0 Å². The molecule has 6 heteroatoms. The van der Waals surface area contributed by atoms with Crippen molar-refractivity contribution in [1.29, 1.82) is 5.26 Å². The zero-order valence-electron chi connectivity index (χ0n) is 14.5. The van der Waals surface area contributed by atoms with E-state index in [0.29, 0.717) is 5.69 Å². The van der Waals surface area contributed by atoms with Gasteiger partial charge in [-0.15, -0.1) is 10.2 Å². The van der Waals surface area contributed by atoms with E-state index in [1.807, 2.05) is 49.6 Å². The summed E-state index contributed by atoms with van der Waals surface area (Å²) in [6.07, 6.45) is 2.78. The molecule has 0 atom stereocenters. The number of aromatic nitrogens is 4.